The van der Waals surface area contributed by atoms with Gasteiger partial charge >= 0.3 is 0 Å². The van der Waals surface area contributed by atoms with Crippen LogP contribution in [0, 0.1) is 0 Å². The molecule has 0 unspecified atom stereocenters. The van der Waals surface area contributed by atoms with Crippen molar-refractivity contribution in [2.24, 2.45) is 0 Å². The number of nitrogens with zero attached hydrogens (tertiary/aromatic N) is 2. The average molecular weight is 289 g/mol. The summed E-state index contributed by atoms with van der Waals surface area (Å²) in [7, 11) is 1.67. The number of rotatable bonds is 7. The first kappa shape index (κ1) is 14.8. The molecular formula is C15H19N3OS. The second-order valence-corrected chi connectivity index (χ2v) is 5.27. The first-order valence-electron chi connectivity index (χ1n) is 6.59. The van der Waals surface area contributed by atoms with E-state index in [1.165, 1.54) is 4.90 Å². The van der Waals surface area contributed by atoms with Crippen molar-refractivity contribution < 1.29 is 4.74 Å². The summed E-state index contributed by atoms with van der Waals surface area (Å²) in [6.07, 6.45) is 0. The minimum absolute atomic E-state index is 0.504. The van der Waals surface area contributed by atoms with E-state index >= 15 is 0 Å². The Morgan fingerprint density at radius 1 is 1.20 bits per heavy atom. The molecule has 0 bridgehead atoms. The Labute approximate surface area is 124 Å². The molecule has 1 aromatic carbocycles. The van der Waals surface area contributed by atoms with E-state index in [-0.39, 0.29) is 0 Å². The number of benzene rings is 1. The van der Waals surface area contributed by atoms with E-state index in [0.29, 0.717) is 6.61 Å². The van der Waals surface area contributed by atoms with Crippen LogP contribution >= 0.6 is 11.8 Å². The fourth-order valence-corrected chi connectivity index (χ4v) is 2.55. The summed E-state index contributed by atoms with van der Waals surface area (Å²) in [5.41, 5.74) is 0.905. The molecule has 1 aromatic heterocycles. The molecular weight excluding hydrogens is 270 g/mol. The van der Waals surface area contributed by atoms with Crippen LogP contribution in [0.5, 0.6) is 0 Å². The van der Waals surface area contributed by atoms with Gasteiger partial charge in [-0.3, -0.25) is 0 Å². The van der Waals surface area contributed by atoms with Crippen molar-refractivity contribution in [3.63, 3.8) is 0 Å². The SMILES string of the molecule is CCNc1cc(COC)nc(CSc2ccccc2)n1. The summed E-state index contributed by atoms with van der Waals surface area (Å²) in [6, 6.07) is 12.2. The van der Waals surface area contributed by atoms with Crippen molar-refractivity contribution in [2.45, 2.75) is 24.2 Å². The van der Waals surface area contributed by atoms with Gasteiger partial charge in [-0.2, -0.15) is 0 Å². The van der Waals surface area contributed by atoms with Crippen molar-refractivity contribution in [1.82, 2.24) is 9.97 Å². The van der Waals surface area contributed by atoms with E-state index in [4.69, 9.17) is 4.74 Å². The predicted molar refractivity (Wildman–Crippen MR) is 82.9 cm³/mol. The number of hydrogen-bond acceptors (Lipinski definition) is 5. The molecule has 0 atom stereocenters. The van der Waals surface area contributed by atoms with Gasteiger partial charge in [0.25, 0.3) is 0 Å². The molecule has 0 aliphatic carbocycles. The number of ether oxygens (including phenoxy) is 1. The van der Waals surface area contributed by atoms with Crippen LogP contribution in [-0.2, 0) is 17.1 Å². The monoisotopic (exact) mass is 289 g/mol. The normalized spacial score (nSPS) is 10.5. The zero-order valence-electron chi connectivity index (χ0n) is 11.8. The van der Waals surface area contributed by atoms with E-state index in [0.717, 1.165) is 29.6 Å². The highest BCUT2D eigenvalue weighted by molar-refractivity contribution is 7.98. The van der Waals surface area contributed by atoms with E-state index in [9.17, 15) is 0 Å². The largest absolute Gasteiger partial charge is 0.378 e. The minimum Gasteiger partial charge on any atom is -0.378 e. The average Bonchev–Trinajstić information content (AvgIpc) is 2.47. The van der Waals surface area contributed by atoms with Crippen LogP contribution in [-0.4, -0.2) is 23.6 Å². The molecule has 0 aliphatic heterocycles. The summed E-state index contributed by atoms with van der Waals surface area (Å²) in [4.78, 5) is 10.3. The maximum Gasteiger partial charge on any atom is 0.141 e. The van der Waals surface area contributed by atoms with Crippen molar-refractivity contribution >= 4 is 17.6 Å². The first-order valence-corrected chi connectivity index (χ1v) is 7.58. The fraction of sp³-hybridized carbons (Fsp3) is 0.333. The van der Waals surface area contributed by atoms with E-state index < -0.39 is 0 Å². The van der Waals surface area contributed by atoms with Crippen molar-refractivity contribution in [3.8, 4) is 0 Å². The van der Waals surface area contributed by atoms with Crippen LogP contribution in [0.2, 0.25) is 0 Å². The molecule has 20 heavy (non-hydrogen) atoms. The van der Waals surface area contributed by atoms with Crippen molar-refractivity contribution in [2.75, 3.05) is 19.0 Å². The zero-order chi connectivity index (χ0) is 14.2. The molecule has 0 saturated heterocycles. The molecule has 1 N–H and O–H groups in total. The topological polar surface area (TPSA) is 47.0 Å². The van der Waals surface area contributed by atoms with Crippen molar-refractivity contribution in [3.05, 3.63) is 47.9 Å². The summed E-state index contributed by atoms with van der Waals surface area (Å²) in [5.74, 6) is 2.43. The van der Waals surface area contributed by atoms with Gasteiger partial charge in [-0.1, -0.05) is 18.2 Å². The van der Waals surface area contributed by atoms with Gasteiger partial charge in [0.05, 0.1) is 18.1 Å². The number of methoxy groups -OCH3 is 1. The number of hydrogen-bond donors (Lipinski definition) is 1. The lowest BCUT2D eigenvalue weighted by molar-refractivity contribution is 0.181. The molecule has 0 radical (unpaired) electrons. The van der Waals surface area contributed by atoms with Crippen LogP contribution < -0.4 is 5.32 Å². The Morgan fingerprint density at radius 3 is 2.70 bits per heavy atom. The van der Waals surface area contributed by atoms with Gasteiger partial charge in [-0.05, 0) is 19.1 Å². The maximum absolute atomic E-state index is 5.15. The Bertz CT molecular complexity index is 510. The molecule has 4 nitrogen and oxygen atoms in total. The highest BCUT2D eigenvalue weighted by Crippen LogP contribution is 2.21. The van der Waals surface area contributed by atoms with Gasteiger partial charge in [-0.25, -0.2) is 9.97 Å². The van der Waals surface area contributed by atoms with Gasteiger partial charge in [0, 0.05) is 24.6 Å². The molecule has 5 heteroatoms. The lowest BCUT2D eigenvalue weighted by Gasteiger charge is -2.08. The lowest BCUT2D eigenvalue weighted by atomic mass is 10.4. The summed E-state index contributed by atoms with van der Waals surface area (Å²) in [6.45, 7) is 3.40. The molecule has 0 fully saturated rings. The highest BCUT2D eigenvalue weighted by atomic mass is 32.2. The van der Waals surface area contributed by atoms with Gasteiger partial charge in [0.1, 0.15) is 11.6 Å². The third-order valence-corrected chi connectivity index (χ3v) is 3.59. The maximum atomic E-state index is 5.15. The quantitative estimate of drug-likeness (QED) is 0.792. The van der Waals surface area contributed by atoms with Crippen molar-refractivity contribution in [1.29, 1.82) is 0 Å². The van der Waals surface area contributed by atoms with Crippen LogP contribution in [0.1, 0.15) is 18.4 Å². The molecule has 2 aromatic rings. The molecule has 106 valence electrons. The molecule has 0 saturated carbocycles. The molecule has 0 amide bonds. The summed E-state index contributed by atoms with van der Waals surface area (Å²) >= 11 is 1.73. The molecule has 1 heterocycles. The number of aromatic nitrogens is 2. The summed E-state index contributed by atoms with van der Waals surface area (Å²) in [5, 5.41) is 3.23. The van der Waals surface area contributed by atoms with E-state index in [1.54, 1.807) is 18.9 Å². The summed E-state index contributed by atoms with van der Waals surface area (Å²) < 4.78 is 5.15. The van der Waals surface area contributed by atoms with Gasteiger partial charge in [-0.15, -0.1) is 11.8 Å². The van der Waals surface area contributed by atoms with Gasteiger partial charge < -0.3 is 10.1 Å². The lowest BCUT2D eigenvalue weighted by Crippen LogP contribution is -2.06. The van der Waals surface area contributed by atoms with Gasteiger partial charge in [0.15, 0.2) is 0 Å². The Kier molecular flexibility index (Phi) is 5.83. The van der Waals surface area contributed by atoms with Crippen LogP contribution in [0.25, 0.3) is 0 Å². The minimum atomic E-state index is 0.504. The van der Waals surface area contributed by atoms with Crippen LogP contribution in [0.15, 0.2) is 41.3 Å². The van der Waals surface area contributed by atoms with E-state index in [1.807, 2.05) is 24.3 Å². The smallest absolute Gasteiger partial charge is 0.141 e. The first-order chi connectivity index (χ1) is 9.81. The number of thioether (sulfide) groups is 1. The molecule has 0 spiro atoms. The Morgan fingerprint density at radius 2 is 2.00 bits per heavy atom. The second-order valence-electron chi connectivity index (χ2n) is 4.23. The third kappa shape index (κ3) is 4.51. The fourth-order valence-electron chi connectivity index (χ4n) is 1.77. The Balaban J connectivity index is 2.09. The second kappa shape index (κ2) is 7.87. The predicted octanol–water partition coefficient (Wildman–Crippen LogP) is 3.35. The Hall–Kier alpha value is -1.59. The number of anilines is 1. The third-order valence-electron chi connectivity index (χ3n) is 2.59. The standard InChI is InChI=1S/C15H19N3OS/c1-3-16-14-9-12(10-19-2)17-15(18-14)11-20-13-7-5-4-6-8-13/h4-9H,3,10-11H2,1-2H3,(H,16,17,18). The van der Waals surface area contributed by atoms with Crippen LogP contribution in [0.4, 0.5) is 5.82 Å². The molecule has 0 aliphatic rings. The van der Waals surface area contributed by atoms with E-state index in [2.05, 4.69) is 34.3 Å². The van der Waals surface area contributed by atoms with Gasteiger partial charge in [0.2, 0.25) is 0 Å². The zero-order valence-corrected chi connectivity index (χ0v) is 12.6. The highest BCUT2D eigenvalue weighted by Gasteiger charge is 2.05. The van der Waals surface area contributed by atoms with Crippen LogP contribution in [0.3, 0.4) is 0 Å². The number of nitrogens with one attached hydrogen (secondary N) is 1. The molecule has 2 rings (SSSR count).